The van der Waals surface area contributed by atoms with Gasteiger partial charge in [-0.05, 0) is 49.9 Å². The van der Waals surface area contributed by atoms with Crippen LogP contribution in [0.5, 0.6) is 11.5 Å². The summed E-state index contributed by atoms with van der Waals surface area (Å²) in [5.41, 5.74) is 3.56. The van der Waals surface area contributed by atoms with Crippen LogP contribution in [0.4, 0.5) is 0 Å². The van der Waals surface area contributed by atoms with Gasteiger partial charge in [-0.2, -0.15) is 0 Å². The molecule has 0 unspecified atom stereocenters. The van der Waals surface area contributed by atoms with Crippen LogP contribution in [-0.2, 0) is 4.79 Å². The van der Waals surface area contributed by atoms with Crippen molar-refractivity contribution in [1.29, 1.82) is 0 Å². The summed E-state index contributed by atoms with van der Waals surface area (Å²) in [4.78, 5) is 12.8. The Morgan fingerprint density at radius 1 is 1.04 bits per heavy atom. The number of carbonyl (C=O) groups is 1. The van der Waals surface area contributed by atoms with Crippen LogP contribution in [0, 0.1) is 13.8 Å². The van der Waals surface area contributed by atoms with Gasteiger partial charge in [0, 0.05) is 0 Å². The number of hydrogen-bond acceptors (Lipinski definition) is 3. The minimum atomic E-state index is -0.564. The van der Waals surface area contributed by atoms with E-state index in [4.69, 9.17) is 9.47 Å². The van der Waals surface area contributed by atoms with Crippen LogP contribution >= 0.6 is 0 Å². The molecule has 0 saturated carbocycles. The quantitative estimate of drug-likeness (QED) is 0.744. The van der Waals surface area contributed by atoms with Crippen molar-refractivity contribution in [3.8, 4) is 11.5 Å². The Labute approximate surface area is 156 Å². The smallest absolute Gasteiger partial charge is 0.261 e. The first-order valence-corrected chi connectivity index (χ1v) is 9.17. The van der Waals surface area contributed by atoms with Gasteiger partial charge in [-0.25, -0.2) is 0 Å². The summed E-state index contributed by atoms with van der Waals surface area (Å²) >= 11 is 0. The molecule has 0 saturated heterocycles. The Balaban J connectivity index is 2.14. The van der Waals surface area contributed by atoms with E-state index in [1.807, 2.05) is 31.2 Å². The lowest BCUT2D eigenvalue weighted by Crippen LogP contribution is -2.40. The monoisotopic (exact) mass is 355 g/mol. The van der Waals surface area contributed by atoms with Gasteiger partial charge in [-0.1, -0.05) is 49.7 Å². The molecular formula is C22H29NO3. The summed E-state index contributed by atoms with van der Waals surface area (Å²) in [5.74, 6) is 1.10. The number of rotatable bonds is 8. The Hall–Kier alpha value is -2.49. The minimum Gasteiger partial charge on any atom is -0.493 e. The second-order valence-electron chi connectivity index (χ2n) is 6.50. The van der Waals surface area contributed by atoms with Crippen LogP contribution in [0.15, 0.2) is 42.5 Å². The molecule has 0 radical (unpaired) electrons. The summed E-state index contributed by atoms with van der Waals surface area (Å²) in [7, 11) is 1.59. The number of aryl methyl sites for hydroxylation is 2. The number of para-hydroxylation sites is 2. The number of ether oxygens (including phenoxy) is 2. The Morgan fingerprint density at radius 3 is 2.31 bits per heavy atom. The zero-order valence-corrected chi connectivity index (χ0v) is 16.3. The largest absolute Gasteiger partial charge is 0.493 e. The molecule has 2 aromatic rings. The van der Waals surface area contributed by atoms with Crippen LogP contribution in [-0.4, -0.2) is 19.1 Å². The summed E-state index contributed by atoms with van der Waals surface area (Å²) in [5, 5.41) is 3.15. The highest BCUT2D eigenvalue weighted by molar-refractivity contribution is 5.81. The van der Waals surface area contributed by atoms with Gasteiger partial charge in [0.2, 0.25) is 0 Å². The van der Waals surface area contributed by atoms with Crippen LogP contribution in [0.2, 0.25) is 0 Å². The predicted octanol–water partition coefficient (Wildman–Crippen LogP) is 4.74. The lowest BCUT2D eigenvalue weighted by atomic mass is 9.97. The van der Waals surface area contributed by atoms with Crippen molar-refractivity contribution in [2.45, 2.75) is 52.7 Å². The molecule has 0 heterocycles. The maximum absolute atomic E-state index is 12.8. The third-order valence-electron chi connectivity index (χ3n) is 4.53. The third kappa shape index (κ3) is 4.78. The highest BCUT2D eigenvalue weighted by atomic mass is 16.5. The van der Waals surface area contributed by atoms with Gasteiger partial charge in [0.05, 0.1) is 13.2 Å². The van der Waals surface area contributed by atoms with Crippen molar-refractivity contribution in [3.63, 3.8) is 0 Å². The maximum Gasteiger partial charge on any atom is 0.261 e. The van der Waals surface area contributed by atoms with Gasteiger partial charge >= 0.3 is 0 Å². The molecule has 0 spiro atoms. The Kier molecular flexibility index (Phi) is 7.07. The van der Waals surface area contributed by atoms with E-state index in [1.165, 1.54) is 11.1 Å². The molecule has 4 nitrogen and oxygen atoms in total. The minimum absolute atomic E-state index is 0.0292. The van der Waals surface area contributed by atoms with Crippen LogP contribution in [0.1, 0.15) is 49.4 Å². The molecule has 2 aromatic carbocycles. The predicted molar refractivity (Wildman–Crippen MR) is 105 cm³/mol. The molecule has 26 heavy (non-hydrogen) atoms. The highest BCUT2D eigenvalue weighted by Gasteiger charge is 2.23. The van der Waals surface area contributed by atoms with Gasteiger partial charge in [0.1, 0.15) is 0 Å². The van der Waals surface area contributed by atoms with E-state index in [1.54, 1.807) is 7.11 Å². The van der Waals surface area contributed by atoms with Gasteiger partial charge < -0.3 is 14.8 Å². The zero-order valence-electron chi connectivity index (χ0n) is 16.3. The molecule has 1 N–H and O–H groups in total. The summed E-state index contributed by atoms with van der Waals surface area (Å²) in [6.07, 6.45) is 0.833. The molecule has 0 aromatic heterocycles. The first kappa shape index (κ1) is 19.8. The van der Waals surface area contributed by atoms with Crippen molar-refractivity contribution >= 4 is 5.91 Å². The molecule has 4 heteroatoms. The van der Waals surface area contributed by atoms with E-state index in [0.717, 1.165) is 12.0 Å². The van der Waals surface area contributed by atoms with E-state index in [2.05, 4.69) is 44.3 Å². The number of hydrogen-bond donors (Lipinski definition) is 1. The van der Waals surface area contributed by atoms with E-state index < -0.39 is 6.10 Å². The lowest BCUT2D eigenvalue weighted by Gasteiger charge is -2.24. The number of amides is 1. The Bertz CT molecular complexity index is 742. The topological polar surface area (TPSA) is 47.6 Å². The van der Waals surface area contributed by atoms with E-state index >= 15 is 0 Å². The molecule has 0 aliphatic rings. The van der Waals surface area contributed by atoms with Crippen LogP contribution in [0.25, 0.3) is 0 Å². The molecular weight excluding hydrogens is 326 g/mol. The maximum atomic E-state index is 12.8. The second kappa shape index (κ2) is 9.27. The van der Waals surface area contributed by atoms with Crippen molar-refractivity contribution in [2.75, 3.05) is 7.11 Å². The number of methoxy groups -OCH3 is 1. The fourth-order valence-electron chi connectivity index (χ4n) is 3.07. The molecule has 0 bridgehead atoms. The van der Waals surface area contributed by atoms with Crippen LogP contribution in [0.3, 0.4) is 0 Å². The van der Waals surface area contributed by atoms with Gasteiger partial charge in [0.15, 0.2) is 17.6 Å². The lowest BCUT2D eigenvalue weighted by molar-refractivity contribution is -0.129. The summed E-state index contributed by atoms with van der Waals surface area (Å²) in [6, 6.07) is 13.7. The number of carbonyl (C=O) groups excluding carboxylic acids is 1. The first-order chi connectivity index (χ1) is 12.5. The van der Waals surface area contributed by atoms with Crippen molar-refractivity contribution in [3.05, 3.63) is 59.2 Å². The summed E-state index contributed by atoms with van der Waals surface area (Å²) in [6.45, 7) is 8.17. The van der Waals surface area contributed by atoms with E-state index in [0.29, 0.717) is 17.9 Å². The van der Waals surface area contributed by atoms with Gasteiger partial charge in [-0.15, -0.1) is 0 Å². The van der Waals surface area contributed by atoms with Gasteiger partial charge in [-0.3, -0.25) is 4.79 Å². The SMILES string of the molecule is CC[C@H](NC(=O)[C@@H](CC)Oc1ccccc1OC)c1ccc(C)cc1C. The molecule has 1 amide bonds. The van der Waals surface area contributed by atoms with E-state index in [9.17, 15) is 4.79 Å². The first-order valence-electron chi connectivity index (χ1n) is 9.17. The van der Waals surface area contributed by atoms with Crippen molar-refractivity contribution in [1.82, 2.24) is 5.32 Å². The fourth-order valence-corrected chi connectivity index (χ4v) is 3.07. The van der Waals surface area contributed by atoms with E-state index in [-0.39, 0.29) is 11.9 Å². The standard InChI is InChI=1S/C22H29NO3/c1-6-18(17-13-12-15(3)14-16(17)4)23-22(24)19(7-2)26-21-11-9-8-10-20(21)25-5/h8-14,18-19H,6-7H2,1-5H3,(H,23,24)/t18-,19+/m0/s1. The molecule has 2 atom stereocenters. The van der Waals surface area contributed by atoms with Crippen LogP contribution < -0.4 is 14.8 Å². The molecule has 0 aliphatic carbocycles. The molecule has 140 valence electrons. The highest BCUT2D eigenvalue weighted by Crippen LogP contribution is 2.28. The average molecular weight is 355 g/mol. The second-order valence-corrected chi connectivity index (χ2v) is 6.50. The molecule has 2 rings (SSSR count). The van der Waals surface area contributed by atoms with Gasteiger partial charge in [0.25, 0.3) is 5.91 Å². The fraction of sp³-hybridized carbons (Fsp3) is 0.409. The third-order valence-corrected chi connectivity index (χ3v) is 4.53. The number of nitrogens with one attached hydrogen (secondary N) is 1. The normalized spacial score (nSPS) is 13.0. The molecule has 0 fully saturated rings. The number of benzene rings is 2. The van der Waals surface area contributed by atoms with Crippen molar-refractivity contribution in [2.24, 2.45) is 0 Å². The average Bonchev–Trinajstić information content (AvgIpc) is 2.64. The Morgan fingerprint density at radius 2 is 1.73 bits per heavy atom. The summed E-state index contributed by atoms with van der Waals surface area (Å²) < 4.78 is 11.3. The van der Waals surface area contributed by atoms with Crippen molar-refractivity contribution < 1.29 is 14.3 Å². The molecule has 0 aliphatic heterocycles. The zero-order chi connectivity index (χ0) is 19.1.